The molecule has 6 aromatic rings. The average molecular weight is 618 g/mol. The monoisotopic (exact) mass is 617 g/mol. The Morgan fingerprint density at radius 3 is 2.47 bits per heavy atom. The van der Waals surface area contributed by atoms with Crippen LogP contribution in [0.2, 0.25) is 0 Å². The molecule has 45 heavy (non-hydrogen) atoms. The molecule has 2 atom stereocenters. The lowest BCUT2D eigenvalue weighted by Crippen LogP contribution is -2.52. The van der Waals surface area contributed by atoms with Gasteiger partial charge in [0.2, 0.25) is 11.7 Å². The second-order valence-electron chi connectivity index (χ2n) is 10.6. The van der Waals surface area contributed by atoms with Crippen LogP contribution in [0.1, 0.15) is 37.8 Å². The van der Waals surface area contributed by atoms with Crippen LogP contribution in [0.4, 0.5) is 0 Å². The number of aromatic amines is 1. The van der Waals surface area contributed by atoms with Gasteiger partial charge in [-0.15, -0.1) is 11.3 Å². The molecule has 0 bridgehead atoms. The summed E-state index contributed by atoms with van der Waals surface area (Å²) in [4.78, 5) is 53.2. The lowest BCUT2D eigenvalue weighted by molar-refractivity contribution is -0.123. The Hall–Kier alpha value is -5.35. The minimum atomic E-state index is -0.961. The molecule has 0 saturated carbocycles. The predicted octanol–water partition coefficient (Wildman–Crippen LogP) is 5.52. The number of aryl methyl sites for hydroxylation is 1. The lowest BCUT2D eigenvalue weighted by atomic mass is 10.0. The van der Waals surface area contributed by atoms with Gasteiger partial charge in [0.15, 0.2) is 5.01 Å². The van der Waals surface area contributed by atoms with Crippen molar-refractivity contribution in [1.82, 2.24) is 25.6 Å². The zero-order chi connectivity index (χ0) is 31.2. The van der Waals surface area contributed by atoms with Gasteiger partial charge < -0.3 is 20.4 Å². The number of nitrogens with zero attached hydrogens (tertiary/aromatic N) is 2. The van der Waals surface area contributed by atoms with Crippen LogP contribution in [0.15, 0.2) is 103 Å². The molecule has 0 spiro atoms. The first kappa shape index (κ1) is 29.7. The van der Waals surface area contributed by atoms with Crippen molar-refractivity contribution >= 4 is 50.1 Å². The van der Waals surface area contributed by atoms with E-state index in [2.05, 4.69) is 25.6 Å². The highest BCUT2D eigenvalue weighted by atomic mass is 32.1. The number of fused-ring (bicyclic) bond motifs is 2. The number of hydrogen-bond acceptors (Lipinski definition) is 7. The maximum absolute atomic E-state index is 14.0. The number of benzene rings is 3. The van der Waals surface area contributed by atoms with E-state index in [1.54, 1.807) is 25.6 Å². The Kier molecular flexibility index (Phi) is 8.93. The molecule has 0 unspecified atom stereocenters. The number of aromatic nitrogens is 3. The van der Waals surface area contributed by atoms with Crippen LogP contribution < -0.4 is 15.4 Å². The Balaban J connectivity index is 1.27. The largest absolute Gasteiger partial charge is 0.496 e. The molecule has 0 fully saturated rings. The first-order valence-electron chi connectivity index (χ1n) is 14.6. The Labute approximate surface area is 263 Å². The van der Waals surface area contributed by atoms with Gasteiger partial charge in [-0.25, -0.2) is 4.98 Å². The zero-order valence-electron chi connectivity index (χ0n) is 24.5. The van der Waals surface area contributed by atoms with Crippen molar-refractivity contribution in [2.45, 2.75) is 31.3 Å². The molecule has 3 aromatic heterocycles. The number of Topliss-reactive ketones (excluding diaryl/α,β-unsaturated/α-hetero) is 1. The second kappa shape index (κ2) is 13.5. The lowest BCUT2D eigenvalue weighted by Gasteiger charge is -2.22. The van der Waals surface area contributed by atoms with Crippen LogP contribution in [0, 0.1) is 0 Å². The molecule has 3 aromatic carbocycles. The summed E-state index contributed by atoms with van der Waals surface area (Å²) >= 11 is 1.30. The van der Waals surface area contributed by atoms with Crippen LogP contribution in [0.5, 0.6) is 5.75 Å². The van der Waals surface area contributed by atoms with E-state index in [0.717, 1.165) is 32.2 Å². The number of carbonyl (C=O) groups is 3. The first-order valence-corrected chi connectivity index (χ1v) is 15.4. The molecule has 9 nitrogen and oxygen atoms in total. The molecule has 0 radical (unpaired) electrons. The highest BCUT2D eigenvalue weighted by Crippen LogP contribution is 2.26. The van der Waals surface area contributed by atoms with Crippen LogP contribution in [0.25, 0.3) is 21.1 Å². The molecule has 2 amide bonds. The Morgan fingerprint density at radius 1 is 0.889 bits per heavy atom. The van der Waals surface area contributed by atoms with E-state index in [9.17, 15) is 14.4 Å². The van der Waals surface area contributed by atoms with Crippen LogP contribution in [0.3, 0.4) is 0 Å². The molecular weight excluding hydrogens is 586 g/mol. The summed E-state index contributed by atoms with van der Waals surface area (Å²) in [6.07, 6.45) is 4.51. The highest BCUT2D eigenvalue weighted by molar-refractivity contribution is 7.20. The van der Waals surface area contributed by atoms with E-state index in [0.29, 0.717) is 29.3 Å². The quantitative estimate of drug-likeness (QED) is 0.155. The number of ketones is 1. The standard InChI is InChI=1S/C35H31N5O4S/c1-44-30-14-7-13-25-24(30)20-29(37-25)34(43)39-28(19-22-9-3-2-4-10-22)33(42)38-27(17-16-23-11-8-18-36-21-23)32(41)35-40-26-12-5-6-15-31(26)45-35/h2-15,18,20-21,27-28,37H,16-17,19H2,1H3,(H,38,42)(H,39,43)/t27-,28-/m0/s1. The summed E-state index contributed by atoms with van der Waals surface area (Å²) in [5, 5.41) is 6.94. The smallest absolute Gasteiger partial charge is 0.268 e. The van der Waals surface area contributed by atoms with E-state index in [1.807, 2.05) is 84.9 Å². The third-order valence-corrected chi connectivity index (χ3v) is 8.63. The number of methoxy groups -OCH3 is 1. The number of para-hydroxylation sites is 1. The van der Waals surface area contributed by atoms with E-state index >= 15 is 0 Å². The van der Waals surface area contributed by atoms with Gasteiger partial charge in [-0.3, -0.25) is 19.4 Å². The third-order valence-electron chi connectivity index (χ3n) is 7.58. The first-order chi connectivity index (χ1) is 22.0. The van der Waals surface area contributed by atoms with E-state index in [4.69, 9.17) is 4.74 Å². The van der Waals surface area contributed by atoms with Crippen LogP contribution in [-0.4, -0.2) is 51.7 Å². The molecule has 0 aliphatic heterocycles. The fourth-order valence-corrected chi connectivity index (χ4v) is 6.21. The van der Waals surface area contributed by atoms with E-state index < -0.39 is 23.9 Å². The summed E-state index contributed by atoms with van der Waals surface area (Å²) in [5.41, 5.74) is 3.56. The number of H-pyrrole nitrogens is 1. The van der Waals surface area contributed by atoms with Crippen molar-refractivity contribution in [3.8, 4) is 5.75 Å². The number of rotatable bonds is 12. The molecule has 3 N–H and O–H groups in total. The molecule has 6 rings (SSSR count). The summed E-state index contributed by atoms with van der Waals surface area (Å²) in [6.45, 7) is 0. The molecule has 0 saturated heterocycles. The van der Waals surface area contributed by atoms with Gasteiger partial charge in [-0.1, -0.05) is 54.6 Å². The minimum Gasteiger partial charge on any atom is -0.496 e. The number of pyridine rings is 1. The van der Waals surface area contributed by atoms with Gasteiger partial charge in [0, 0.05) is 29.7 Å². The number of ether oxygens (including phenoxy) is 1. The van der Waals surface area contributed by atoms with Crippen molar-refractivity contribution in [2.24, 2.45) is 0 Å². The minimum absolute atomic E-state index is 0.229. The van der Waals surface area contributed by atoms with Gasteiger partial charge in [-0.2, -0.15) is 0 Å². The molecular formula is C35H31N5O4S. The summed E-state index contributed by atoms with van der Waals surface area (Å²) in [7, 11) is 1.57. The zero-order valence-corrected chi connectivity index (χ0v) is 25.3. The predicted molar refractivity (Wildman–Crippen MR) is 175 cm³/mol. The normalized spacial score (nSPS) is 12.5. The summed E-state index contributed by atoms with van der Waals surface area (Å²) < 4.78 is 6.33. The molecule has 0 aliphatic carbocycles. The van der Waals surface area contributed by atoms with Crippen molar-refractivity contribution in [3.63, 3.8) is 0 Å². The van der Waals surface area contributed by atoms with Gasteiger partial charge in [0.05, 0.1) is 23.4 Å². The topological polar surface area (TPSA) is 126 Å². The molecule has 3 heterocycles. The van der Waals surface area contributed by atoms with Gasteiger partial charge in [0.25, 0.3) is 5.91 Å². The van der Waals surface area contributed by atoms with Gasteiger partial charge in [0.1, 0.15) is 17.5 Å². The molecule has 226 valence electrons. The van der Waals surface area contributed by atoms with Crippen molar-refractivity contribution in [1.29, 1.82) is 0 Å². The van der Waals surface area contributed by atoms with Crippen molar-refractivity contribution in [2.75, 3.05) is 7.11 Å². The third kappa shape index (κ3) is 6.91. The van der Waals surface area contributed by atoms with Crippen LogP contribution in [-0.2, 0) is 17.6 Å². The number of amides is 2. The molecule has 0 aliphatic rings. The number of carbonyl (C=O) groups excluding carboxylic acids is 3. The maximum Gasteiger partial charge on any atom is 0.268 e. The Bertz CT molecular complexity index is 1920. The molecule has 10 heteroatoms. The van der Waals surface area contributed by atoms with E-state index in [-0.39, 0.29) is 12.2 Å². The van der Waals surface area contributed by atoms with Crippen molar-refractivity contribution in [3.05, 3.63) is 125 Å². The number of thiazole rings is 1. The average Bonchev–Trinajstić information content (AvgIpc) is 3.72. The van der Waals surface area contributed by atoms with Crippen molar-refractivity contribution < 1.29 is 19.1 Å². The SMILES string of the molecule is COc1cccc2[nH]c(C(=O)N[C@@H](Cc3ccccc3)C(=O)N[C@@H](CCc3cccnc3)C(=O)c3nc4ccccc4s3)cc12. The van der Waals surface area contributed by atoms with Crippen LogP contribution >= 0.6 is 11.3 Å². The highest BCUT2D eigenvalue weighted by Gasteiger charge is 2.30. The second-order valence-corrected chi connectivity index (χ2v) is 11.7. The summed E-state index contributed by atoms with van der Waals surface area (Å²) in [5.74, 6) is -0.563. The van der Waals surface area contributed by atoms with Gasteiger partial charge in [-0.05, 0) is 60.4 Å². The van der Waals surface area contributed by atoms with Gasteiger partial charge >= 0.3 is 0 Å². The number of hydrogen-bond donors (Lipinski definition) is 3. The maximum atomic E-state index is 14.0. The number of nitrogens with one attached hydrogen (secondary N) is 3. The Morgan fingerprint density at radius 2 is 1.69 bits per heavy atom. The summed E-state index contributed by atoms with van der Waals surface area (Å²) in [6, 6.07) is 26.1. The fourth-order valence-electron chi connectivity index (χ4n) is 5.25. The fraction of sp³-hybridized carbons (Fsp3) is 0.171. The van der Waals surface area contributed by atoms with E-state index in [1.165, 1.54) is 11.3 Å².